The molecule has 168 valence electrons. The van der Waals surface area contributed by atoms with Gasteiger partial charge in [-0.15, -0.1) is 11.3 Å². The van der Waals surface area contributed by atoms with Crippen molar-refractivity contribution >= 4 is 73.0 Å². The number of fused-ring (bicyclic) bond motifs is 3. The summed E-state index contributed by atoms with van der Waals surface area (Å²) < 4.78 is 30.3. The molecule has 0 aliphatic rings. The van der Waals surface area contributed by atoms with E-state index in [0.29, 0.717) is 0 Å². The summed E-state index contributed by atoms with van der Waals surface area (Å²) in [4.78, 5) is 0. The molecule has 1 aromatic heterocycles. The highest BCUT2D eigenvalue weighted by molar-refractivity contribution is 7.85. The summed E-state index contributed by atoms with van der Waals surface area (Å²) in [7, 11) is -4.75. The minimum atomic E-state index is -3.07. The highest BCUT2D eigenvalue weighted by Gasteiger charge is 2.30. The van der Waals surface area contributed by atoms with Crippen LogP contribution in [-0.4, -0.2) is 0 Å². The van der Waals surface area contributed by atoms with Crippen LogP contribution in [-0.2, 0) is 9.13 Å². The van der Waals surface area contributed by atoms with Gasteiger partial charge in [-0.25, -0.2) is 0 Å². The maximum Gasteiger partial charge on any atom is 0.415 e. The molecule has 35 heavy (non-hydrogen) atoms. The Bertz CT molecular complexity index is 1680. The first kappa shape index (κ1) is 22.1. The second-order valence-corrected chi connectivity index (χ2v) is 13.8. The molecular weight excluding hydrogens is 486 g/mol. The SMILES string of the molecule is O=[P+](c1ccccc1)c1ccc2sc3ccc(P(=O)(c4ccccc4)c4ccccc4)cc3c2c1. The van der Waals surface area contributed by atoms with Crippen LogP contribution in [0.1, 0.15) is 0 Å². The molecular formula is C30H21O2P2S+. The van der Waals surface area contributed by atoms with E-state index in [4.69, 9.17) is 0 Å². The van der Waals surface area contributed by atoms with Crippen LogP contribution in [0.5, 0.6) is 0 Å². The van der Waals surface area contributed by atoms with Gasteiger partial charge in [0.1, 0.15) is 0 Å². The molecule has 1 heterocycles. The van der Waals surface area contributed by atoms with Gasteiger partial charge in [-0.05, 0) is 42.5 Å². The van der Waals surface area contributed by atoms with Crippen LogP contribution in [0.25, 0.3) is 20.2 Å². The Balaban J connectivity index is 1.55. The van der Waals surface area contributed by atoms with Crippen molar-refractivity contribution in [1.82, 2.24) is 0 Å². The lowest BCUT2D eigenvalue weighted by atomic mass is 10.1. The van der Waals surface area contributed by atoms with Crippen molar-refractivity contribution in [3.8, 4) is 0 Å². The van der Waals surface area contributed by atoms with Gasteiger partial charge in [0, 0.05) is 42.2 Å². The summed E-state index contributed by atoms with van der Waals surface area (Å²) in [6.45, 7) is 0. The second-order valence-electron chi connectivity index (χ2n) is 8.37. The Labute approximate surface area is 209 Å². The lowest BCUT2D eigenvalue weighted by molar-refractivity contribution is 0.592. The van der Waals surface area contributed by atoms with Crippen molar-refractivity contribution in [2.24, 2.45) is 0 Å². The van der Waals surface area contributed by atoms with E-state index in [1.807, 2.05) is 109 Å². The lowest BCUT2D eigenvalue weighted by Gasteiger charge is -2.20. The first-order chi connectivity index (χ1) is 17.1. The fourth-order valence-corrected chi connectivity index (χ4v) is 9.45. The molecule has 1 unspecified atom stereocenters. The molecule has 6 rings (SSSR count). The molecule has 0 fully saturated rings. The van der Waals surface area contributed by atoms with Crippen molar-refractivity contribution in [3.63, 3.8) is 0 Å². The van der Waals surface area contributed by atoms with Gasteiger partial charge in [-0.2, -0.15) is 0 Å². The Morgan fingerprint density at radius 3 is 1.63 bits per heavy atom. The van der Waals surface area contributed by atoms with E-state index in [1.54, 1.807) is 11.3 Å². The predicted molar refractivity (Wildman–Crippen MR) is 152 cm³/mol. The standard InChI is InChI=1S/C30H21O2P2S/c31-33(22-10-4-1-5-11-22)23-16-18-29-27(20-23)28-21-26(17-19-30(28)35-29)34(32,24-12-6-2-7-13-24)25-14-8-3-9-15-25/h1-21H/q+1. The van der Waals surface area contributed by atoms with Crippen molar-refractivity contribution in [2.45, 2.75) is 0 Å². The van der Waals surface area contributed by atoms with Crippen LogP contribution < -0.4 is 26.5 Å². The molecule has 0 saturated carbocycles. The zero-order chi connectivity index (χ0) is 23.8. The molecule has 5 heteroatoms. The summed E-state index contributed by atoms with van der Waals surface area (Å²) in [5, 5.41) is 6.16. The van der Waals surface area contributed by atoms with Crippen LogP contribution in [0.4, 0.5) is 0 Å². The average molecular weight is 508 g/mol. The van der Waals surface area contributed by atoms with Crippen LogP contribution in [0, 0.1) is 0 Å². The van der Waals surface area contributed by atoms with Gasteiger partial charge in [0.2, 0.25) is 0 Å². The summed E-state index contributed by atoms with van der Waals surface area (Å²) in [6, 6.07) is 41.2. The molecule has 1 atom stereocenters. The summed E-state index contributed by atoms with van der Waals surface area (Å²) >= 11 is 1.70. The Morgan fingerprint density at radius 1 is 0.514 bits per heavy atom. The summed E-state index contributed by atoms with van der Waals surface area (Å²) in [5.41, 5.74) is 0. The first-order valence-electron chi connectivity index (χ1n) is 11.3. The molecule has 6 aromatic rings. The number of benzene rings is 5. The fraction of sp³-hybridized carbons (Fsp3) is 0. The van der Waals surface area contributed by atoms with E-state index in [0.717, 1.165) is 46.7 Å². The van der Waals surface area contributed by atoms with E-state index in [2.05, 4.69) is 18.2 Å². The van der Waals surface area contributed by atoms with Crippen molar-refractivity contribution in [2.75, 3.05) is 0 Å². The first-order valence-corrected chi connectivity index (χ1v) is 15.1. The van der Waals surface area contributed by atoms with Gasteiger partial charge in [0.15, 0.2) is 17.8 Å². The molecule has 0 aliphatic heterocycles. The minimum absolute atomic E-state index is 0.804. The third-order valence-electron chi connectivity index (χ3n) is 6.26. The molecule has 0 spiro atoms. The van der Waals surface area contributed by atoms with E-state index < -0.39 is 14.9 Å². The number of thiophene rings is 1. The largest absolute Gasteiger partial charge is 0.415 e. The highest BCUT2D eigenvalue weighted by atomic mass is 32.1. The van der Waals surface area contributed by atoms with E-state index >= 15 is 0 Å². The van der Waals surface area contributed by atoms with Gasteiger partial charge in [0.25, 0.3) is 0 Å². The third-order valence-corrected chi connectivity index (χ3v) is 12.0. The zero-order valence-corrected chi connectivity index (χ0v) is 21.3. The van der Waals surface area contributed by atoms with Crippen LogP contribution in [0.3, 0.4) is 0 Å². The third kappa shape index (κ3) is 3.87. The van der Waals surface area contributed by atoms with Crippen molar-refractivity contribution in [3.05, 3.63) is 127 Å². The average Bonchev–Trinajstić information content (AvgIpc) is 3.31. The molecule has 0 amide bonds. The normalized spacial score (nSPS) is 12.2. The van der Waals surface area contributed by atoms with Gasteiger partial charge >= 0.3 is 7.80 Å². The fourth-order valence-electron chi connectivity index (χ4n) is 4.51. The van der Waals surface area contributed by atoms with Crippen LogP contribution in [0.2, 0.25) is 0 Å². The maximum absolute atomic E-state index is 14.8. The number of hydrogen-bond donors (Lipinski definition) is 0. The van der Waals surface area contributed by atoms with Crippen molar-refractivity contribution < 1.29 is 9.13 Å². The van der Waals surface area contributed by atoms with Gasteiger partial charge in [0.05, 0.1) is 0 Å². The lowest BCUT2D eigenvalue weighted by Crippen LogP contribution is -2.24. The van der Waals surface area contributed by atoms with Gasteiger partial charge in [-0.3, -0.25) is 0 Å². The van der Waals surface area contributed by atoms with Gasteiger partial charge < -0.3 is 4.57 Å². The molecule has 0 radical (unpaired) electrons. The predicted octanol–water partition coefficient (Wildman–Crippen LogP) is 6.47. The van der Waals surface area contributed by atoms with E-state index in [9.17, 15) is 9.13 Å². The Kier molecular flexibility index (Phi) is 5.71. The van der Waals surface area contributed by atoms with Crippen molar-refractivity contribution in [1.29, 1.82) is 0 Å². The summed E-state index contributed by atoms with van der Waals surface area (Å²) in [5.74, 6) is 0. The number of rotatable bonds is 5. The zero-order valence-electron chi connectivity index (χ0n) is 18.7. The van der Waals surface area contributed by atoms with E-state index in [1.165, 1.54) is 0 Å². The Morgan fingerprint density at radius 2 is 1.03 bits per heavy atom. The minimum Gasteiger partial charge on any atom is -0.309 e. The second kappa shape index (κ2) is 9.02. The Hall–Kier alpha value is -3.35. The molecule has 5 aromatic carbocycles. The highest BCUT2D eigenvalue weighted by Crippen LogP contribution is 2.44. The smallest absolute Gasteiger partial charge is 0.309 e. The van der Waals surface area contributed by atoms with E-state index in [-0.39, 0.29) is 0 Å². The molecule has 0 saturated heterocycles. The van der Waals surface area contributed by atoms with Crippen LogP contribution >= 0.6 is 26.3 Å². The summed E-state index contributed by atoms with van der Waals surface area (Å²) in [6.07, 6.45) is 0. The number of hydrogen-bond acceptors (Lipinski definition) is 3. The van der Waals surface area contributed by atoms with Crippen LogP contribution in [0.15, 0.2) is 127 Å². The monoisotopic (exact) mass is 507 g/mol. The molecule has 0 bridgehead atoms. The molecule has 0 aliphatic carbocycles. The maximum atomic E-state index is 14.8. The quantitative estimate of drug-likeness (QED) is 0.251. The molecule has 0 N–H and O–H groups in total. The van der Waals surface area contributed by atoms with Gasteiger partial charge in [-0.1, -0.05) is 83.4 Å². The topological polar surface area (TPSA) is 34.1 Å². The molecule has 2 nitrogen and oxygen atoms in total.